The molecule has 0 spiro atoms. The van der Waals surface area contributed by atoms with Gasteiger partial charge >= 0.3 is 0 Å². The van der Waals surface area contributed by atoms with Crippen molar-refractivity contribution in [2.24, 2.45) is 11.8 Å². The van der Waals surface area contributed by atoms with Gasteiger partial charge in [-0.1, -0.05) is 0 Å². The number of nitrogens with zero attached hydrogens (tertiary/aromatic N) is 1. The van der Waals surface area contributed by atoms with E-state index in [0.717, 1.165) is 17.9 Å². The Morgan fingerprint density at radius 1 is 1.09 bits per heavy atom. The Labute approximate surface area is 69.0 Å². The van der Waals surface area contributed by atoms with Crippen LogP contribution in [0.3, 0.4) is 0 Å². The fourth-order valence-electron chi connectivity index (χ4n) is 2.90. The van der Waals surface area contributed by atoms with E-state index in [4.69, 9.17) is 0 Å². The molecule has 2 fully saturated rings. The minimum atomic E-state index is 0.872. The molecular formula is C9H18N2. The summed E-state index contributed by atoms with van der Waals surface area (Å²) in [5, 5.41) is 3.50. The molecule has 2 rings (SSSR count). The van der Waals surface area contributed by atoms with Crippen LogP contribution < -0.4 is 5.32 Å². The van der Waals surface area contributed by atoms with Crippen LogP contribution in [-0.2, 0) is 0 Å². The zero-order valence-electron chi connectivity index (χ0n) is 7.51. The summed E-state index contributed by atoms with van der Waals surface area (Å²) in [6.45, 7) is 2.50. The molecule has 1 saturated carbocycles. The normalized spacial score (nSPS) is 43.4. The Morgan fingerprint density at radius 3 is 2.00 bits per heavy atom. The summed E-state index contributed by atoms with van der Waals surface area (Å²) in [5.74, 6) is 1.87. The van der Waals surface area contributed by atoms with Gasteiger partial charge in [0, 0.05) is 6.04 Å². The van der Waals surface area contributed by atoms with Crippen molar-refractivity contribution in [3.63, 3.8) is 0 Å². The highest BCUT2D eigenvalue weighted by molar-refractivity contribution is 4.95. The topological polar surface area (TPSA) is 15.3 Å². The predicted octanol–water partition coefficient (Wildman–Crippen LogP) is 0.546. The maximum atomic E-state index is 3.50. The molecule has 0 aromatic heterocycles. The van der Waals surface area contributed by atoms with Gasteiger partial charge < -0.3 is 10.2 Å². The average Bonchev–Trinajstić information content (AvgIpc) is 2.23. The van der Waals surface area contributed by atoms with Gasteiger partial charge in [-0.2, -0.15) is 0 Å². The second-order valence-electron chi connectivity index (χ2n) is 4.21. The molecule has 1 heterocycles. The summed E-state index contributed by atoms with van der Waals surface area (Å²) >= 11 is 0. The maximum absolute atomic E-state index is 3.50. The smallest absolute Gasteiger partial charge is 0.0170 e. The molecule has 2 nitrogen and oxygen atoms in total. The molecule has 0 aromatic rings. The van der Waals surface area contributed by atoms with Crippen molar-refractivity contribution in [2.45, 2.75) is 18.9 Å². The van der Waals surface area contributed by atoms with Crippen molar-refractivity contribution in [1.29, 1.82) is 0 Å². The van der Waals surface area contributed by atoms with E-state index in [9.17, 15) is 0 Å². The van der Waals surface area contributed by atoms with E-state index in [-0.39, 0.29) is 0 Å². The number of fused-ring (bicyclic) bond motifs is 2. The van der Waals surface area contributed by atoms with E-state index >= 15 is 0 Å². The summed E-state index contributed by atoms with van der Waals surface area (Å²) in [6, 6.07) is 0.872. The van der Waals surface area contributed by atoms with Gasteiger partial charge in [0.05, 0.1) is 0 Å². The number of nitrogens with one attached hydrogen (secondary N) is 1. The summed E-state index contributed by atoms with van der Waals surface area (Å²) in [6.07, 6.45) is 2.89. The van der Waals surface area contributed by atoms with Gasteiger partial charge in [-0.15, -0.1) is 0 Å². The highest BCUT2D eigenvalue weighted by Crippen LogP contribution is 2.35. The Hall–Kier alpha value is -0.0800. The van der Waals surface area contributed by atoms with E-state index in [1.807, 2.05) is 0 Å². The minimum absolute atomic E-state index is 0.872. The van der Waals surface area contributed by atoms with Crippen LogP contribution >= 0.6 is 0 Å². The predicted molar refractivity (Wildman–Crippen MR) is 46.6 cm³/mol. The lowest BCUT2D eigenvalue weighted by molar-refractivity contribution is 0.158. The third kappa shape index (κ3) is 1.18. The molecular weight excluding hydrogens is 136 g/mol. The fraction of sp³-hybridized carbons (Fsp3) is 1.00. The SMILES string of the molecule is CN(C)C1[C@@H]2CC[C@H]1CNC2. The number of rotatable bonds is 1. The van der Waals surface area contributed by atoms with Crippen LogP contribution in [-0.4, -0.2) is 38.1 Å². The van der Waals surface area contributed by atoms with Crippen molar-refractivity contribution in [3.05, 3.63) is 0 Å². The molecule has 1 N–H and O–H groups in total. The fourth-order valence-corrected chi connectivity index (χ4v) is 2.90. The zero-order valence-corrected chi connectivity index (χ0v) is 7.51. The standard InChI is InChI=1S/C9H18N2/c1-11(2)9-7-3-4-8(9)6-10-5-7/h7-10H,3-6H2,1-2H3/t7-,8+,9?. The zero-order chi connectivity index (χ0) is 7.84. The number of hydrogen-bond donors (Lipinski definition) is 1. The molecule has 1 saturated heterocycles. The van der Waals surface area contributed by atoms with Gasteiger partial charge in [-0.05, 0) is 51.9 Å². The molecule has 11 heavy (non-hydrogen) atoms. The van der Waals surface area contributed by atoms with Gasteiger partial charge in [-0.25, -0.2) is 0 Å². The van der Waals surface area contributed by atoms with Crippen molar-refractivity contribution in [3.8, 4) is 0 Å². The van der Waals surface area contributed by atoms with Crippen LogP contribution in [0.5, 0.6) is 0 Å². The number of piperidine rings is 1. The largest absolute Gasteiger partial charge is 0.316 e. The minimum Gasteiger partial charge on any atom is -0.316 e. The van der Waals surface area contributed by atoms with Gasteiger partial charge in [0.2, 0.25) is 0 Å². The Balaban J connectivity index is 2.09. The van der Waals surface area contributed by atoms with Crippen molar-refractivity contribution in [1.82, 2.24) is 10.2 Å². The summed E-state index contributed by atoms with van der Waals surface area (Å²) in [4.78, 5) is 2.42. The molecule has 0 radical (unpaired) electrons. The quantitative estimate of drug-likeness (QED) is 0.593. The summed E-state index contributed by atoms with van der Waals surface area (Å²) < 4.78 is 0. The van der Waals surface area contributed by atoms with Crippen LogP contribution in [0.1, 0.15) is 12.8 Å². The molecule has 3 atom stereocenters. The second kappa shape index (κ2) is 2.76. The average molecular weight is 154 g/mol. The molecule has 1 aliphatic heterocycles. The van der Waals surface area contributed by atoms with Crippen molar-refractivity contribution < 1.29 is 0 Å². The Kier molecular flexibility index (Phi) is 1.90. The second-order valence-corrected chi connectivity index (χ2v) is 4.21. The first-order valence-corrected chi connectivity index (χ1v) is 4.66. The van der Waals surface area contributed by atoms with Gasteiger partial charge in [0.25, 0.3) is 0 Å². The highest BCUT2D eigenvalue weighted by Gasteiger charge is 2.39. The number of hydrogen-bond acceptors (Lipinski definition) is 2. The van der Waals surface area contributed by atoms with E-state index in [2.05, 4.69) is 24.3 Å². The van der Waals surface area contributed by atoms with Gasteiger partial charge in [0.1, 0.15) is 0 Å². The van der Waals surface area contributed by atoms with Crippen LogP contribution in [0, 0.1) is 11.8 Å². The van der Waals surface area contributed by atoms with Crippen molar-refractivity contribution in [2.75, 3.05) is 27.2 Å². The third-order valence-electron chi connectivity index (χ3n) is 3.28. The van der Waals surface area contributed by atoms with Crippen LogP contribution in [0.4, 0.5) is 0 Å². The molecule has 64 valence electrons. The monoisotopic (exact) mass is 154 g/mol. The first-order chi connectivity index (χ1) is 5.29. The van der Waals surface area contributed by atoms with Crippen LogP contribution in [0.15, 0.2) is 0 Å². The lowest BCUT2D eigenvalue weighted by atomic mass is 9.93. The Morgan fingerprint density at radius 2 is 1.64 bits per heavy atom. The first kappa shape index (κ1) is 7.56. The molecule has 1 aliphatic carbocycles. The van der Waals surface area contributed by atoms with E-state index in [1.165, 1.54) is 25.9 Å². The van der Waals surface area contributed by atoms with Gasteiger partial charge in [0.15, 0.2) is 0 Å². The van der Waals surface area contributed by atoms with E-state index in [1.54, 1.807) is 0 Å². The summed E-state index contributed by atoms with van der Waals surface area (Å²) in [5.41, 5.74) is 0. The molecule has 0 amide bonds. The van der Waals surface area contributed by atoms with E-state index < -0.39 is 0 Å². The van der Waals surface area contributed by atoms with Crippen molar-refractivity contribution >= 4 is 0 Å². The lowest BCUT2D eigenvalue weighted by Gasteiger charge is -2.35. The molecule has 2 aliphatic rings. The molecule has 2 bridgehead atoms. The first-order valence-electron chi connectivity index (χ1n) is 4.66. The molecule has 0 aromatic carbocycles. The highest BCUT2D eigenvalue weighted by atomic mass is 15.1. The Bertz CT molecular complexity index is 128. The lowest BCUT2D eigenvalue weighted by Crippen LogP contribution is -2.48. The van der Waals surface area contributed by atoms with Crippen LogP contribution in [0.2, 0.25) is 0 Å². The van der Waals surface area contributed by atoms with Gasteiger partial charge in [-0.3, -0.25) is 0 Å². The third-order valence-corrected chi connectivity index (χ3v) is 3.28. The van der Waals surface area contributed by atoms with Crippen LogP contribution in [0.25, 0.3) is 0 Å². The summed E-state index contributed by atoms with van der Waals surface area (Å²) in [7, 11) is 4.45. The van der Waals surface area contributed by atoms with E-state index in [0.29, 0.717) is 0 Å². The maximum Gasteiger partial charge on any atom is 0.0170 e. The molecule has 1 unspecified atom stereocenters. The molecule has 2 heteroatoms.